The van der Waals surface area contributed by atoms with Crippen LogP contribution >= 0.6 is 11.8 Å². The quantitative estimate of drug-likeness (QED) is 0.267. The average Bonchev–Trinajstić information content (AvgIpc) is 2.74. The van der Waals surface area contributed by atoms with Crippen LogP contribution in [0.4, 0.5) is 0 Å². The van der Waals surface area contributed by atoms with Gasteiger partial charge in [0.05, 0.1) is 18.6 Å². The molecule has 0 saturated carbocycles. The Bertz CT molecular complexity index is 389. The van der Waals surface area contributed by atoms with Crippen molar-refractivity contribution >= 4 is 22.9 Å². The highest BCUT2D eigenvalue weighted by molar-refractivity contribution is 8.13. The summed E-state index contributed by atoms with van der Waals surface area (Å²) in [4.78, 5) is 11.5. The highest BCUT2D eigenvalue weighted by Gasteiger charge is 2.15. The molecular formula is C9H13N3O3S. The second-order valence-corrected chi connectivity index (χ2v) is 3.73. The third-order valence-electron chi connectivity index (χ3n) is 1.72. The molecule has 0 unspecified atom stereocenters. The number of carbonyl (C=O) groups excluding carboxylic acids is 1. The summed E-state index contributed by atoms with van der Waals surface area (Å²) < 4.78 is 10.0. The SMILES string of the molecule is CCOC(=O)c1ccoc1CSC(N)=NN. The number of nitrogens with zero attached hydrogens (tertiary/aromatic N) is 1. The number of ether oxygens (including phenoxy) is 1. The van der Waals surface area contributed by atoms with Crippen LogP contribution in [0.25, 0.3) is 0 Å². The Morgan fingerprint density at radius 3 is 3.06 bits per heavy atom. The number of thioether (sulfide) groups is 1. The lowest BCUT2D eigenvalue weighted by Crippen LogP contribution is -2.10. The van der Waals surface area contributed by atoms with Crippen molar-refractivity contribution in [3.8, 4) is 0 Å². The predicted octanol–water partition coefficient (Wildman–Crippen LogP) is 0.878. The normalized spacial score (nSPS) is 11.4. The molecule has 1 heterocycles. The molecule has 0 aliphatic carbocycles. The van der Waals surface area contributed by atoms with Crippen LogP contribution in [0.2, 0.25) is 0 Å². The fourth-order valence-electron chi connectivity index (χ4n) is 1.02. The van der Waals surface area contributed by atoms with E-state index in [9.17, 15) is 4.79 Å². The fraction of sp³-hybridized carbons (Fsp3) is 0.333. The molecule has 0 aromatic carbocycles. The van der Waals surface area contributed by atoms with E-state index in [1.165, 1.54) is 18.0 Å². The average molecular weight is 243 g/mol. The van der Waals surface area contributed by atoms with E-state index < -0.39 is 5.97 Å². The van der Waals surface area contributed by atoms with Crippen LogP contribution in [-0.4, -0.2) is 17.7 Å². The molecule has 0 saturated heterocycles. The van der Waals surface area contributed by atoms with Gasteiger partial charge in [0.25, 0.3) is 0 Å². The zero-order valence-electron chi connectivity index (χ0n) is 8.80. The summed E-state index contributed by atoms with van der Waals surface area (Å²) in [6.07, 6.45) is 1.43. The Morgan fingerprint density at radius 1 is 1.69 bits per heavy atom. The summed E-state index contributed by atoms with van der Waals surface area (Å²) >= 11 is 1.19. The molecule has 0 radical (unpaired) electrons. The van der Waals surface area contributed by atoms with Gasteiger partial charge in [-0.15, -0.1) is 0 Å². The van der Waals surface area contributed by atoms with Crippen LogP contribution < -0.4 is 11.6 Å². The standard InChI is InChI=1S/C9H13N3O3S/c1-2-14-8(13)6-3-4-15-7(6)5-16-9(10)12-11/h3-4H,2,5,11H2,1H3,(H2,10,12). The lowest BCUT2D eigenvalue weighted by molar-refractivity contribution is 0.0524. The topological polar surface area (TPSA) is 104 Å². The molecule has 0 fully saturated rings. The molecule has 0 atom stereocenters. The van der Waals surface area contributed by atoms with Crippen LogP contribution in [-0.2, 0) is 10.5 Å². The second-order valence-electron chi connectivity index (χ2n) is 2.73. The molecule has 6 nitrogen and oxygen atoms in total. The second kappa shape index (κ2) is 6.06. The van der Waals surface area contributed by atoms with Gasteiger partial charge in [0.15, 0.2) is 5.17 Å². The number of hydrogen-bond donors (Lipinski definition) is 2. The van der Waals surface area contributed by atoms with Gasteiger partial charge >= 0.3 is 5.97 Å². The van der Waals surface area contributed by atoms with Crippen molar-refractivity contribution < 1.29 is 13.9 Å². The molecule has 0 amide bonds. The number of rotatable bonds is 4. The summed E-state index contributed by atoms with van der Waals surface area (Å²) in [6.45, 7) is 2.06. The molecule has 4 N–H and O–H groups in total. The third-order valence-corrected chi connectivity index (χ3v) is 2.53. The van der Waals surface area contributed by atoms with E-state index in [1.807, 2.05) is 0 Å². The maximum atomic E-state index is 11.5. The predicted molar refractivity (Wildman–Crippen MR) is 61.8 cm³/mol. The fourth-order valence-corrected chi connectivity index (χ4v) is 1.60. The van der Waals surface area contributed by atoms with Gasteiger partial charge in [-0.05, 0) is 13.0 Å². The van der Waals surface area contributed by atoms with Crippen LogP contribution in [0.3, 0.4) is 0 Å². The third kappa shape index (κ3) is 3.20. The summed E-state index contributed by atoms with van der Waals surface area (Å²) in [6, 6.07) is 1.56. The van der Waals surface area contributed by atoms with E-state index in [0.29, 0.717) is 23.7 Å². The molecule has 1 aromatic rings. The maximum Gasteiger partial charge on any atom is 0.341 e. The first-order valence-electron chi connectivity index (χ1n) is 4.58. The number of nitrogens with two attached hydrogens (primary N) is 2. The van der Waals surface area contributed by atoms with E-state index in [4.69, 9.17) is 20.7 Å². The molecule has 88 valence electrons. The smallest absolute Gasteiger partial charge is 0.341 e. The first-order valence-corrected chi connectivity index (χ1v) is 5.57. The van der Waals surface area contributed by atoms with E-state index in [2.05, 4.69) is 5.10 Å². The van der Waals surface area contributed by atoms with Crippen LogP contribution in [0, 0.1) is 0 Å². The Labute approximate surface area is 97.0 Å². The highest BCUT2D eigenvalue weighted by Crippen LogP contribution is 2.18. The molecule has 0 aliphatic rings. The number of esters is 1. The van der Waals surface area contributed by atoms with Crippen LogP contribution in [0.1, 0.15) is 23.0 Å². The molecule has 0 bridgehead atoms. The van der Waals surface area contributed by atoms with Gasteiger partial charge in [-0.25, -0.2) is 4.79 Å². The zero-order chi connectivity index (χ0) is 12.0. The van der Waals surface area contributed by atoms with Gasteiger partial charge in [0.1, 0.15) is 11.3 Å². The minimum atomic E-state index is -0.407. The Kier molecular flexibility index (Phi) is 4.71. The first-order chi connectivity index (χ1) is 7.69. The Balaban J connectivity index is 2.67. The van der Waals surface area contributed by atoms with Crippen LogP contribution in [0.15, 0.2) is 21.8 Å². The van der Waals surface area contributed by atoms with E-state index in [1.54, 1.807) is 13.0 Å². The van der Waals surface area contributed by atoms with Crippen molar-refractivity contribution in [3.63, 3.8) is 0 Å². The van der Waals surface area contributed by atoms with Gasteiger partial charge in [-0.3, -0.25) is 0 Å². The Hall–Kier alpha value is -1.63. The zero-order valence-corrected chi connectivity index (χ0v) is 9.62. The monoisotopic (exact) mass is 243 g/mol. The van der Waals surface area contributed by atoms with Crippen molar-refractivity contribution in [2.45, 2.75) is 12.7 Å². The van der Waals surface area contributed by atoms with Crippen molar-refractivity contribution in [1.29, 1.82) is 0 Å². The number of furan rings is 1. The molecule has 16 heavy (non-hydrogen) atoms. The van der Waals surface area contributed by atoms with Crippen molar-refractivity contribution in [1.82, 2.24) is 0 Å². The van der Waals surface area contributed by atoms with Gasteiger partial charge in [-0.2, -0.15) is 5.10 Å². The lowest BCUT2D eigenvalue weighted by atomic mass is 10.3. The molecular weight excluding hydrogens is 230 g/mol. The van der Waals surface area contributed by atoms with E-state index in [-0.39, 0.29) is 5.17 Å². The number of amidine groups is 1. The van der Waals surface area contributed by atoms with Crippen molar-refractivity contribution in [2.24, 2.45) is 16.7 Å². The molecule has 1 rings (SSSR count). The first kappa shape index (κ1) is 12.4. The minimum absolute atomic E-state index is 0.228. The summed E-state index contributed by atoms with van der Waals surface area (Å²) in [5.74, 6) is 5.45. The summed E-state index contributed by atoms with van der Waals surface area (Å²) in [5, 5.41) is 3.53. The summed E-state index contributed by atoms with van der Waals surface area (Å²) in [5.41, 5.74) is 5.81. The molecule has 1 aromatic heterocycles. The van der Waals surface area contributed by atoms with Gasteiger partial charge in [-0.1, -0.05) is 11.8 Å². The van der Waals surface area contributed by atoms with Gasteiger partial charge < -0.3 is 20.7 Å². The minimum Gasteiger partial charge on any atom is -0.468 e. The molecule has 0 spiro atoms. The summed E-state index contributed by atoms with van der Waals surface area (Å²) in [7, 11) is 0. The highest BCUT2D eigenvalue weighted by atomic mass is 32.2. The maximum absolute atomic E-state index is 11.5. The molecule has 7 heteroatoms. The molecule has 0 aliphatic heterocycles. The van der Waals surface area contributed by atoms with Gasteiger partial charge in [0.2, 0.25) is 0 Å². The lowest BCUT2D eigenvalue weighted by Gasteiger charge is -2.02. The van der Waals surface area contributed by atoms with Crippen LogP contribution in [0.5, 0.6) is 0 Å². The van der Waals surface area contributed by atoms with Gasteiger partial charge in [0, 0.05) is 0 Å². The Morgan fingerprint density at radius 2 is 2.44 bits per heavy atom. The largest absolute Gasteiger partial charge is 0.468 e. The number of hydrogen-bond acceptors (Lipinski definition) is 6. The van der Waals surface area contributed by atoms with E-state index >= 15 is 0 Å². The number of carbonyl (C=O) groups is 1. The van der Waals surface area contributed by atoms with Crippen molar-refractivity contribution in [2.75, 3.05) is 6.61 Å². The number of hydrazone groups is 1. The van der Waals surface area contributed by atoms with E-state index in [0.717, 1.165) is 0 Å². The van der Waals surface area contributed by atoms with Crippen molar-refractivity contribution in [3.05, 3.63) is 23.7 Å².